The molecule has 1 fully saturated rings. The maximum Gasteiger partial charge on any atom is 0.326 e. The zero-order valence-electron chi connectivity index (χ0n) is 7.47. The molecule has 0 amide bonds. The van der Waals surface area contributed by atoms with Gasteiger partial charge in [0.15, 0.2) is 0 Å². The fourth-order valence-corrected chi connectivity index (χ4v) is 2.17. The molecule has 2 aliphatic heterocycles. The number of fused-ring (bicyclic) bond motifs is 1. The van der Waals surface area contributed by atoms with Crippen molar-refractivity contribution in [3.63, 3.8) is 0 Å². The minimum atomic E-state index is -0.787. The number of nitrogens with zero attached hydrogens (tertiary/aromatic N) is 1. The van der Waals surface area contributed by atoms with Crippen molar-refractivity contribution < 1.29 is 15.0 Å². The molecule has 0 aliphatic carbocycles. The van der Waals surface area contributed by atoms with Gasteiger partial charge in [-0.2, -0.15) is 0 Å². The molecule has 3 unspecified atom stereocenters. The second kappa shape index (κ2) is 2.73. The average Bonchev–Trinajstić information content (AvgIpc) is 2.27. The maximum atomic E-state index is 10.7. The highest BCUT2D eigenvalue weighted by Gasteiger charge is 2.46. The van der Waals surface area contributed by atoms with E-state index < -0.39 is 18.1 Å². The number of carboxylic acids is 1. The summed E-state index contributed by atoms with van der Waals surface area (Å²) in [6.07, 6.45) is 2.98. The van der Waals surface area contributed by atoms with Crippen LogP contribution in [0.1, 0.15) is 19.8 Å². The smallest absolute Gasteiger partial charge is 0.326 e. The summed E-state index contributed by atoms with van der Waals surface area (Å²) < 4.78 is 0. The Morgan fingerprint density at radius 1 is 1.77 bits per heavy atom. The number of carboxylic acid groups (broad SMARTS) is 1. The zero-order valence-corrected chi connectivity index (χ0v) is 7.47. The second-order valence-corrected chi connectivity index (χ2v) is 3.69. The van der Waals surface area contributed by atoms with E-state index in [2.05, 4.69) is 0 Å². The van der Waals surface area contributed by atoms with Gasteiger partial charge in [-0.3, -0.25) is 0 Å². The molecule has 2 heterocycles. The molecule has 0 spiro atoms. The van der Waals surface area contributed by atoms with Crippen molar-refractivity contribution in [2.45, 2.75) is 38.0 Å². The standard InChI is InChI=1S/C9H13NO3/c1-5(11)7-3-2-6-4-8(9(12)13)10(6)7/h3,5-6,8,11H,2,4H2,1H3,(H,12,13). The first kappa shape index (κ1) is 8.56. The summed E-state index contributed by atoms with van der Waals surface area (Å²) in [4.78, 5) is 12.6. The number of rotatable bonds is 2. The van der Waals surface area contributed by atoms with Crippen LogP contribution in [0.15, 0.2) is 11.8 Å². The summed E-state index contributed by atoms with van der Waals surface area (Å²) in [7, 11) is 0. The number of aliphatic hydroxyl groups excluding tert-OH is 1. The lowest BCUT2D eigenvalue weighted by Gasteiger charge is -2.45. The van der Waals surface area contributed by atoms with Crippen LogP contribution in [0, 0.1) is 0 Å². The minimum Gasteiger partial charge on any atom is -0.480 e. The molecule has 1 saturated heterocycles. The summed E-state index contributed by atoms with van der Waals surface area (Å²) >= 11 is 0. The monoisotopic (exact) mass is 183 g/mol. The van der Waals surface area contributed by atoms with Gasteiger partial charge in [0.1, 0.15) is 6.04 Å². The topological polar surface area (TPSA) is 60.8 Å². The summed E-state index contributed by atoms with van der Waals surface area (Å²) in [5.74, 6) is -0.787. The third kappa shape index (κ3) is 1.13. The highest BCUT2D eigenvalue weighted by atomic mass is 16.4. The Morgan fingerprint density at radius 2 is 2.46 bits per heavy atom. The van der Waals surface area contributed by atoms with Gasteiger partial charge in [-0.05, 0) is 19.8 Å². The van der Waals surface area contributed by atoms with Crippen LogP contribution in [0.25, 0.3) is 0 Å². The largest absolute Gasteiger partial charge is 0.480 e. The third-order valence-corrected chi connectivity index (χ3v) is 2.83. The summed E-state index contributed by atoms with van der Waals surface area (Å²) in [5, 5.41) is 18.2. The van der Waals surface area contributed by atoms with Crippen LogP contribution in [0.2, 0.25) is 0 Å². The Bertz CT molecular complexity index is 272. The number of aliphatic hydroxyl groups is 1. The minimum absolute atomic E-state index is 0.325. The fourth-order valence-electron chi connectivity index (χ4n) is 2.17. The molecule has 13 heavy (non-hydrogen) atoms. The van der Waals surface area contributed by atoms with E-state index in [0.29, 0.717) is 12.5 Å². The molecule has 0 aromatic carbocycles. The van der Waals surface area contributed by atoms with E-state index >= 15 is 0 Å². The normalized spacial score (nSPS) is 33.4. The first-order valence-corrected chi connectivity index (χ1v) is 4.50. The van der Waals surface area contributed by atoms with Gasteiger partial charge in [0.05, 0.1) is 6.10 Å². The van der Waals surface area contributed by atoms with Crippen LogP contribution >= 0.6 is 0 Å². The Morgan fingerprint density at radius 3 is 3.00 bits per heavy atom. The van der Waals surface area contributed by atoms with Gasteiger partial charge in [-0.1, -0.05) is 6.08 Å². The predicted octanol–water partition coefficient (Wildman–Crippen LogP) is 0.182. The molecule has 0 saturated carbocycles. The Hall–Kier alpha value is -1.03. The number of hydrogen-bond donors (Lipinski definition) is 2. The molecular formula is C9H13NO3. The molecule has 72 valence electrons. The van der Waals surface area contributed by atoms with Crippen molar-refractivity contribution in [2.24, 2.45) is 0 Å². The lowest BCUT2D eigenvalue weighted by molar-refractivity contribution is -0.149. The van der Waals surface area contributed by atoms with Crippen molar-refractivity contribution >= 4 is 5.97 Å². The molecular weight excluding hydrogens is 170 g/mol. The van der Waals surface area contributed by atoms with Gasteiger partial charge < -0.3 is 15.1 Å². The number of carbonyl (C=O) groups is 1. The molecule has 2 aliphatic rings. The van der Waals surface area contributed by atoms with Crippen LogP contribution < -0.4 is 0 Å². The number of hydrogen-bond acceptors (Lipinski definition) is 3. The summed E-state index contributed by atoms with van der Waals surface area (Å²) in [5.41, 5.74) is 0.781. The third-order valence-electron chi connectivity index (χ3n) is 2.83. The number of aliphatic carboxylic acids is 1. The van der Waals surface area contributed by atoms with Gasteiger partial charge in [0.2, 0.25) is 0 Å². The van der Waals surface area contributed by atoms with Crippen molar-refractivity contribution in [1.82, 2.24) is 4.90 Å². The van der Waals surface area contributed by atoms with Crippen molar-refractivity contribution in [3.8, 4) is 0 Å². The van der Waals surface area contributed by atoms with Gasteiger partial charge in [0.25, 0.3) is 0 Å². The second-order valence-electron chi connectivity index (χ2n) is 3.69. The molecule has 2 rings (SSSR count). The SMILES string of the molecule is CC(O)C1=CCC2CC(C(=O)O)N12. The maximum absolute atomic E-state index is 10.7. The molecule has 2 N–H and O–H groups in total. The average molecular weight is 183 g/mol. The Kier molecular flexibility index (Phi) is 1.80. The summed E-state index contributed by atoms with van der Waals surface area (Å²) in [6, 6.07) is -0.0842. The van der Waals surface area contributed by atoms with E-state index in [4.69, 9.17) is 5.11 Å². The van der Waals surface area contributed by atoms with E-state index in [1.165, 1.54) is 0 Å². The predicted molar refractivity (Wildman–Crippen MR) is 46.0 cm³/mol. The molecule has 4 nitrogen and oxygen atoms in total. The molecule has 4 heteroatoms. The quantitative estimate of drug-likeness (QED) is 0.641. The molecule has 0 bridgehead atoms. The van der Waals surface area contributed by atoms with E-state index in [1.807, 2.05) is 11.0 Å². The molecule has 3 atom stereocenters. The lowest BCUT2D eigenvalue weighted by atomic mass is 9.93. The highest BCUT2D eigenvalue weighted by Crippen LogP contribution is 2.39. The van der Waals surface area contributed by atoms with Gasteiger partial charge in [-0.15, -0.1) is 0 Å². The van der Waals surface area contributed by atoms with Gasteiger partial charge in [0, 0.05) is 11.7 Å². The first-order chi connectivity index (χ1) is 6.11. The highest BCUT2D eigenvalue weighted by molar-refractivity contribution is 5.75. The van der Waals surface area contributed by atoms with Gasteiger partial charge >= 0.3 is 5.97 Å². The van der Waals surface area contributed by atoms with Gasteiger partial charge in [-0.25, -0.2) is 4.79 Å². The van der Waals surface area contributed by atoms with Crippen LogP contribution in [-0.2, 0) is 4.79 Å². The Balaban J connectivity index is 2.12. The van der Waals surface area contributed by atoms with Crippen LogP contribution in [0.3, 0.4) is 0 Å². The van der Waals surface area contributed by atoms with Crippen LogP contribution in [0.5, 0.6) is 0 Å². The summed E-state index contributed by atoms with van der Waals surface area (Å²) in [6.45, 7) is 1.67. The molecule has 0 radical (unpaired) electrons. The van der Waals surface area contributed by atoms with E-state index in [0.717, 1.165) is 12.1 Å². The van der Waals surface area contributed by atoms with Crippen molar-refractivity contribution in [1.29, 1.82) is 0 Å². The van der Waals surface area contributed by atoms with E-state index in [-0.39, 0.29) is 0 Å². The van der Waals surface area contributed by atoms with Crippen LogP contribution in [-0.4, -0.2) is 39.3 Å². The lowest BCUT2D eigenvalue weighted by Crippen LogP contribution is -2.57. The van der Waals surface area contributed by atoms with E-state index in [9.17, 15) is 9.90 Å². The van der Waals surface area contributed by atoms with Crippen molar-refractivity contribution in [3.05, 3.63) is 11.8 Å². The van der Waals surface area contributed by atoms with E-state index in [1.54, 1.807) is 6.92 Å². The van der Waals surface area contributed by atoms with Crippen molar-refractivity contribution in [2.75, 3.05) is 0 Å². The Labute approximate surface area is 76.5 Å². The fraction of sp³-hybridized carbons (Fsp3) is 0.667. The zero-order chi connectivity index (χ0) is 9.59. The molecule has 0 aromatic rings. The first-order valence-electron chi connectivity index (χ1n) is 4.50. The van der Waals surface area contributed by atoms with Crippen LogP contribution in [0.4, 0.5) is 0 Å². The molecule has 0 aromatic heterocycles.